The molecule has 0 aliphatic rings. The smallest absolute Gasteiger partial charge is 0.0430 e. The lowest BCUT2D eigenvalue weighted by molar-refractivity contribution is 1.49. The summed E-state index contributed by atoms with van der Waals surface area (Å²) in [5.41, 5.74) is 0. The van der Waals surface area contributed by atoms with Crippen molar-refractivity contribution in [2.75, 3.05) is 6.26 Å². The maximum Gasteiger partial charge on any atom is 0.0430 e. The van der Waals surface area contributed by atoms with Gasteiger partial charge >= 0.3 is 0 Å². The normalized spacial score (nSPS) is 9.60. The van der Waals surface area contributed by atoms with Gasteiger partial charge in [-0.15, -0.1) is 0.732 Å². The highest BCUT2D eigenvalue weighted by atomic mass is 127. The fraction of sp³-hybridized carbons (Fsp3) is 1.00. The Labute approximate surface area is 64.0 Å². The van der Waals surface area contributed by atoms with Gasteiger partial charge in [-0.1, -0.05) is 11.9 Å². The molecule has 0 spiro atoms. The molecule has 5 heavy (non-hydrogen) atoms. The van der Waals surface area contributed by atoms with E-state index in [0.717, 1.165) is 0 Å². The van der Waals surface area contributed by atoms with E-state index in [0.29, 0.717) is 0 Å². The van der Waals surface area contributed by atoms with Crippen molar-refractivity contribution in [2.45, 2.75) is 0 Å². The summed E-state index contributed by atoms with van der Waals surface area (Å²) in [6, 6.07) is 0. The molecule has 0 bridgehead atoms. The first-order valence-corrected chi connectivity index (χ1v) is 4.04. The maximum absolute atomic E-state index is 2.19. The van der Waals surface area contributed by atoms with Gasteiger partial charge in [0.2, 0.25) is 0 Å². The summed E-state index contributed by atoms with van der Waals surface area (Å²) < 4.78 is 1.98. The predicted octanol–water partition coefficient (Wildman–Crippen LogP) is 2.27. The second-order valence-electron chi connectivity index (χ2n) is 0.384. The van der Waals surface area contributed by atoms with Crippen LogP contribution in [0.1, 0.15) is 0 Å². The largest absolute Gasteiger partial charge is 0.130 e. The highest BCUT2D eigenvalue weighted by Gasteiger charge is 1.79. The van der Waals surface area contributed by atoms with Crippen LogP contribution in [0.2, 0.25) is 0 Å². The van der Waals surface area contributed by atoms with E-state index in [9.17, 15) is 0 Å². The molecule has 0 saturated carbocycles. The number of halogens is 2. The molecule has 0 heterocycles. The van der Waals surface area contributed by atoms with Crippen LogP contribution in [0, 0.1) is 0 Å². The van der Waals surface area contributed by atoms with Gasteiger partial charge in [-0.25, -0.2) is 0 Å². The van der Waals surface area contributed by atoms with Crippen molar-refractivity contribution in [1.29, 1.82) is 0 Å². The average Bonchev–Trinajstić information content (AvgIpc) is 1.38. The molecule has 0 aliphatic carbocycles. The van der Waals surface area contributed by atoms with E-state index in [-0.39, 0.29) is 0 Å². The number of hydrogen-bond donors (Lipinski definition) is 0. The van der Waals surface area contributed by atoms with E-state index >= 15 is 0 Å². The summed E-state index contributed by atoms with van der Waals surface area (Å²) >= 11 is 6.06. The standard InChI is InChI=1S/CH3I2NS/c1-5-4(2)3/h1H3. The Balaban J connectivity index is 2.54. The van der Waals surface area contributed by atoms with Crippen molar-refractivity contribution in [1.82, 2.24) is 0.732 Å². The number of nitrogens with zero attached hydrogens (tertiary/aromatic N) is 1. The molecule has 0 fully saturated rings. The van der Waals surface area contributed by atoms with Gasteiger partial charge in [0.15, 0.2) is 0 Å². The minimum Gasteiger partial charge on any atom is -0.130 e. The van der Waals surface area contributed by atoms with Crippen molar-refractivity contribution in [2.24, 2.45) is 0 Å². The van der Waals surface area contributed by atoms with Crippen molar-refractivity contribution >= 4 is 57.7 Å². The lowest BCUT2D eigenvalue weighted by atomic mass is 12.0. The van der Waals surface area contributed by atoms with E-state index in [4.69, 9.17) is 0 Å². The lowest BCUT2D eigenvalue weighted by Gasteiger charge is -1.91. The highest BCUT2D eigenvalue weighted by Crippen LogP contribution is 2.16. The van der Waals surface area contributed by atoms with E-state index in [2.05, 4.69) is 45.7 Å². The van der Waals surface area contributed by atoms with Crippen LogP contribution in [0.3, 0.4) is 0 Å². The molecule has 0 atom stereocenters. The minimum atomic E-state index is 1.69. The SMILES string of the molecule is CSN(I)I. The minimum absolute atomic E-state index is 1.69. The molecule has 0 unspecified atom stereocenters. The number of rotatable bonds is 1. The summed E-state index contributed by atoms with van der Waals surface area (Å²) in [4.78, 5) is 0. The zero-order valence-electron chi connectivity index (χ0n) is 2.61. The molecular weight excluding hydrogens is 312 g/mol. The first-order valence-electron chi connectivity index (χ1n) is 0.929. The summed E-state index contributed by atoms with van der Waals surface area (Å²) in [6.07, 6.45) is 2.03. The average molecular weight is 315 g/mol. The van der Waals surface area contributed by atoms with Gasteiger partial charge in [0.1, 0.15) is 0 Å². The van der Waals surface area contributed by atoms with E-state index in [1.165, 1.54) is 0 Å². The Morgan fingerprint density at radius 1 is 1.60 bits per heavy atom. The summed E-state index contributed by atoms with van der Waals surface area (Å²) in [5.74, 6) is 0. The highest BCUT2D eigenvalue weighted by molar-refractivity contribution is 14.2. The van der Waals surface area contributed by atoms with Crippen molar-refractivity contribution < 1.29 is 0 Å². The summed E-state index contributed by atoms with van der Waals surface area (Å²) in [6.45, 7) is 0. The molecule has 0 aromatic heterocycles. The summed E-state index contributed by atoms with van der Waals surface area (Å²) in [5, 5.41) is 0. The van der Waals surface area contributed by atoms with Crippen molar-refractivity contribution in [3.63, 3.8) is 0 Å². The van der Waals surface area contributed by atoms with Crippen LogP contribution >= 0.6 is 57.7 Å². The van der Waals surface area contributed by atoms with Crippen LogP contribution < -0.4 is 0 Å². The van der Waals surface area contributed by atoms with E-state index in [1.54, 1.807) is 11.9 Å². The van der Waals surface area contributed by atoms with Gasteiger partial charge < -0.3 is 0 Å². The molecule has 0 aliphatic heterocycles. The second-order valence-corrected chi connectivity index (χ2v) is 6.20. The first kappa shape index (κ1) is 6.77. The Hall–Kier alpha value is 1.77. The van der Waals surface area contributed by atoms with E-state index in [1.807, 2.05) is 6.99 Å². The molecule has 4 heteroatoms. The lowest BCUT2D eigenvalue weighted by Crippen LogP contribution is -1.69. The van der Waals surface area contributed by atoms with Crippen LogP contribution in [0.15, 0.2) is 0 Å². The van der Waals surface area contributed by atoms with Crippen LogP contribution in [-0.2, 0) is 0 Å². The van der Waals surface area contributed by atoms with Gasteiger partial charge in [-0.05, 0) is 6.26 Å². The fourth-order valence-corrected chi connectivity index (χ4v) is 0. The third kappa shape index (κ3) is 5.77. The molecule has 0 aromatic carbocycles. The quantitative estimate of drug-likeness (QED) is 0.415. The zero-order valence-corrected chi connectivity index (χ0v) is 7.74. The molecule has 0 saturated heterocycles. The molecule has 0 radical (unpaired) electrons. The van der Waals surface area contributed by atoms with Gasteiger partial charge in [-0.3, -0.25) is 0 Å². The second kappa shape index (κ2) is 3.94. The summed E-state index contributed by atoms with van der Waals surface area (Å²) in [7, 11) is 0. The van der Waals surface area contributed by atoms with Gasteiger partial charge in [0.25, 0.3) is 0 Å². The van der Waals surface area contributed by atoms with Crippen molar-refractivity contribution in [3.8, 4) is 0 Å². The Morgan fingerprint density at radius 3 is 1.80 bits per heavy atom. The molecule has 32 valence electrons. The Kier molecular flexibility index (Phi) is 5.34. The number of hydrogen-bond acceptors (Lipinski definition) is 2. The fourth-order valence-electron chi connectivity index (χ4n) is 0. The van der Waals surface area contributed by atoms with Crippen LogP contribution in [0.25, 0.3) is 0 Å². The molecule has 0 amide bonds. The topological polar surface area (TPSA) is 3.24 Å². The van der Waals surface area contributed by atoms with Gasteiger partial charge in [0.05, 0.1) is 0 Å². The van der Waals surface area contributed by atoms with E-state index < -0.39 is 0 Å². The zero-order chi connectivity index (χ0) is 4.28. The Morgan fingerprint density at radius 2 is 1.80 bits per heavy atom. The van der Waals surface area contributed by atoms with Crippen molar-refractivity contribution in [3.05, 3.63) is 0 Å². The van der Waals surface area contributed by atoms with Crippen LogP contribution in [0.4, 0.5) is 0 Å². The molecule has 0 aromatic rings. The third-order valence-electron chi connectivity index (χ3n) is 0.138. The Bertz CT molecular complexity index is 23.6. The molecule has 0 rings (SSSR count). The third-order valence-corrected chi connectivity index (χ3v) is 2.78. The maximum atomic E-state index is 2.19. The molecule has 0 N–H and O–H groups in total. The predicted molar refractivity (Wildman–Crippen MR) is 43.4 cm³/mol. The first-order chi connectivity index (χ1) is 2.27. The van der Waals surface area contributed by atoms with Gasteiger partial charge in [-0.2, -0.15) is 0 Å². The van der Waals surface area contributed by atoms with Crippen LogP contribution in [-0.4, -0.2) is 6.99 Å². The van der Waals surface area contributed by atoms with Crippen LogP contribution in [0.5, 0.6) is 0 Å². The monoisotopic (exact) mass is 315 g/mol. The molecule has 1 nitrogen and oxygen atoms in total. The van der Waals surface area contributed by atoms with Gasteiger partial charge in [0, 0.05) is 45.7 Å². The molecular formula is CH3I2NS.